The molecule has 1 heterocycles. The van der Waals surface area contributed by atoms with Gasteiger partial charge in [-0.15, -0.1) is 0 Å². The van der Waals surface area contributed by atoms with Gasteiger partial charge in [-0.2, -0.15) is 0 Å². The SMILES string of the molecule is CCc1ccc(N2CC(C(=O)NCC3CCCC3O)CC2=O)cc1. The molecule has 2 N–H and O–H groups in total. The number of hydrogen-bond donors (Lipinski definition) is 2. The lowest BCUT2D eigenvalue weighted by Gasteiger charge is -2.18. The third-order valence-electron chi connectivity index (χ3n) is 5.31. The van der Waals surface area contributed by atoms with Crippen LogP contribution in [0.25, 0.3) is 0 Å². The Morgan fingerprint density at radius 2 is 2.04 bits per heavy atom. The number of carbonyl (C=O) groups is 2. The standard InChI is InChI=1S/C19H26N2O3/c1-2-13-6-8-16(9-7-13)21-12-15(10-18(21)23)19(24)20-11-14-4-3-5-17(14)22/h6-9,14-15,17,22H,2-5,10-12H2,1H3,(H,20,24). The van der Waals surface area contributed by atoms with Crippen LogP contribution in [0.15, 0.2) is 24.3 Å². The molecule has 3 rings (SSSR count). The maximum Gasteiger partial charge on any atom is 0.227 e. The minimum atomic E-state index is -0.304. The third-order valence-corrected chi connectivity index (χ3v) is 5.31. The quantitative estimate of drug-likeness (QED) is 0.866. The van der Waals surface area contributed by atoms with Gasteiger partial charge in [-0.3, -0.25) is 9.59 Å². The summed E-state index contributed by atoms with van der Waals surface area (Å²) in [6.07, 6.45) is 3.72. The molecule has 1 aliphatic carbocycles. The average Bonchev–Trinajstić information content (AvgIpc) is 3.18. The molecule has 3 unspecified atom stereocenters. The summed E-state index contributed by atoms with van der Waals surface area (Å²) in [7, 11) is 0. The second-order valence-corrected chi connectivity index (χ2v) is 6.93. The van der Waals surface area contributed by atoms with Gasteiger partial charge < -0.3 is 15.3 Å². The molecule has 5 nitrogen and oxygen atoms in total. The smallest absolute Gasteiger partial charge is 0.227 e. The van der Waals surface area contributed by atoms with E-state index in [2.05, 4.69) is 12.2 Å². The molecule has 0 aromatic heterocycles. The van der Waals surface area contributed by atoms with E-state index in [0.29, 0.717) is 13.1 Å². The first-order chi connectivity index (χ1) is 11.6. The molecular formula is C19H26N2O3. The first-order valence-corrected chi connectivity index (χ1v) is 8.93. The monoisotopic (exact) mass is 330 g/mol. The summed E-state index contributed by atoms with van der Waals surface area (Å²) in [5.41, 5.74) is 2.09. The van der Waals surface area contributed by atoms with E-state index in [1.54, 1.807) is 4.90 Å². The second kappa shape index (κ2) is 7.34. The number of carbonyl (C=O) groups excluding carboxylic acids is 2. The molecule has 0 radical (unpaired) electrons. The molecule has 2 fully saturated rings. The number of aliphatic hydroxyl groups excluding tert-OH is 1. The highest BCUT2D eigenvalue weighted by Gasteiger charge is 2.35. The molecule has 3 atom stereocenters. The van der Waals surface area contributed by atoms with Crippen LogP contribution in [0.2, 0.25) is 0 Å². The summed E-state index contributed by atoms with van der Waals surface area (Å²) >= 11 is 0. The third kappa shape index (κ3) is 3.61. The number of amides is 2. The number of nitrogens with one attached hydrogen (secondary N) is 1. The summed E-state index contributed by atoms with van der Waals surface area (Å²) in [6, 6.07) is 7.95. The summed E-state index contributed by atoms with van der Waals surface area (Å²) in [5.74, 6) is -0.221. The van der Waals surface area contributed by atoms with Crippen LogP contribution in [0, 0.1) is 11.8 Å². The molecule has 24 heavy (non-hydrogen) atoms. The Morgan fingerprint density at radius 3 is 2.67 bits per heavy atom. The number of benzene rings is 1. The highest BCUT2D eigenvalue weighted by Crippen LogP contribution is 2.27. The molecule has 1 saturated heterocycles. The summed E-state index contributed by atoms with van der Waals surface area (Å²) < 4.78 is 0. The van der Waals surface area contributed by atoms with Crippen LogP contribution in [0.5, 0.6) is 0 Å². The zero-order chi connectivity index (χ0) is 17.1. The Hall–Kier alpha value is -1.88. The van der Waals surface area contributed by atoms with Crippen LogP contribution in [0.4, 0.5) is 5.69 Å². The highest BCUT2D eigenvalue weighted by atomic mass is 16.3. The molecule has 0 bridgehead atoms. The van der Waals surface area contributed by atoms with E-state index in [1.807, 2.05) is 24.3 Å². The van der Waals surface area contributed by atoms with Crippen LogP contribution in [0.3, 0.4) is 0 Å². The van der Waals surface area contributed by atoms with Crippen molar-refractivity contribution in [2.45, 2.75) is 45.1 Å². The van der Waals surface area contributed by atoms with Crippen molar-refractivity contribution in [3.63, 3.8) is 0 Å². The van der Waals surface area contributed by atoms with Gasteiger partial charge in [-0.25, -0.2) is 0 Å². The van der Waals surface area contributed by atoms with Gasteiger partial charge in [0.1, 0.15) is 0 Å². The fourth-order valence-corrected chi connectivity index (χ4v) is 3.68. The molecule has 1 aromatic carbocycles. The van der Waals surface area contributed by atoms with E-state index >= 15 is 0 Å². The van der Waals surface area contributed by atoms with E-state index in [1.165, 1.54) is 5.56 Å². The van der Waals surface area contributed by atoms with Gasteiger partial charge in [0.2, 0.25) is 11.8 Å². The number of hydrogen-bond acceptors (Lipinski definition) is 3. The second-order valence-electron chi connectivity index (χ2n) is 6.93. The zero-order valence-electron chi connectivity index (χ0n) is 14.2. The molecule has 130 valence electrons. The van der Waals surface area contributed by atoms with Crippen molar-refractivity contribution in [1.82, 2.24) is 5.32 Å². The number of aryl methyl sites for hydroxylation is 1. The van der Waals surface area contributed by atoms with E-state index in [-0.39, 0.29) is 36.2 Å². The van der Waals surface area contributed by atoms with Gasteiger partial charge in [0.25, 0.3) is 0 Å². The van der Waals surface area contributed by atoms with Crippen LogP contribution < -0.4 is 10.2 Å². The van der Waals surface area contributed by atoms with E-state index in [9.17, 15) is 14.7 Å². The van der Waals surface area contributed by atoms with Crippen molar-refractivity contribution in [3.05, 3.63) is 29.8 Å². The number of aliphatic hydroxyl groups is 1. The van der Waals surface area contributed by atoms with Crippen LogP contribution in [-0.2, 0) is 16.0 Å². The first kappa shape index (κ1) is 17.0. The number of rotatable bonds is 5. The van der Waals surface area contributed by atoms with Crippen molar-refractivity contribution in [2.24, 2.45) is 11.8 Å². The molecular weight excluding hydrogens is 304 g/mol. The molecule has 5 heteroatoms. The van der Waals surface area contributed by atoms with Gasteiger partial charge in [-0.1, -0.05) is 25.5 Å². The maximum absolute atomic E-state index is 12.4. The Morgan fingerprint density at radius 1 is 1.29 bits per heavy atom. The van der Waals surface area contributed by atoms with Crippen LogP contribution >= 0.6 is 0 Å². The summed E-state index contributed by atoms with van der Waals surface area (Å²) in [5, 5.41) is 12.8. The molecule has 0 spiro atoms. The minimum absolute atomic E-state index is 0.000277. The molecule has 2 aliphatic rings. The topological polar surface area (TPSA) is 69.6 Å². The lowest BCUT2D eigenvalue weighted by Crippen LogP contribution is -2.37. The van der Waals surface area contributed by atoms with Crippen molar-refractivity contribution >= 4 is 17.5 Å². The van der Waals surface area contributed by atoms with Gasteiger partial charge in [0.05, 0.1) is 12.0 Å². The molecule has 1 aromatic rings. The normalized spacial score (nSPS) is 26.8. The first-order valence-electron chi connectivity index (χ1n) is 8.93. The largest absolute Gasteiger partial charge is 0.393 e. The lowest BCUT2D eigenvalue weighted by molar-refractivity contribution is -0.126. The predicted octanol–water partition coefficient (Wildman–Crippen LogP) is 1.88. The summed E-state index contributed by atoms with van der Waals surface area (Å²) in [6.45, 7) is 3.04. The summed E-state index contributed by atoms with van der Waals surface area (Å²) in [4.78, 5) is 26.3. The van der Waals surface area contributed by atoms with E-state index in [0.717, 1.165) is 31.4 Å². The van der Waals surface area contributed by atoms with E-state index < -0.39 is 0 Å². The van der Waals surface area contributed by atoms with Crippen LogP contribution in [-0.4, -0.2) is 36.1 Å². The van der Waals surface area contributed by atoms with Gasteiger partial charge in [-0.05, 0) is 37.0 Å². The van der Waals surface area contributed by atoms with Crippen LogP contribution in [0.1, 0.15) is 38.2 Å². The lowest BCUT2D eigenvalue weighted by atomic mass is 10.0. The minimum Gasteiger partial charge on any atom is -0.393 e. The van der Waals surface area contributed by atoms with Gasteiger partial charge in [0, 0.05) is 31.1 Å². The Bertz CT molecular complexity index is 599. The molecule has 1 aliphatic heterocycles. The van der Waals surface area contributed by atoms with Crippen molar-refractivity contribution in [2.75, 3.05) is 18.0 Å². The Kier molecular flexibility index (Phi) is 5.19. The molecule has 2 amide bonds. The van der Waals surface area contributed by atoms with Gasteiger partial charge in [0.15, 0.2) is 0 Å². The van der Waals surface area contributed by atoms with E-state index in [4.69, 9.17) is 0 Å². The zero-order valence-corrected chi connectivity index (χ0v) is 14.2. The number of nitrogens with zero attached hydrogens (tertiary/aromatic N) is 1. The number of anilines is 1. The van der Waals surface area contributed by atoms with Crippen molar-refractivity contribution in [3.8, 4) is 0 Å². The maximum atomic E-state index is 12.4. The highest BCUT2D eigenvalue weighted by molar-refractivity contribution is 6.00. The fourth-order valence-electron chi connectivity index (χ4n) is 3.68. The fraction of sp³-hybridized carbons (Fsp3) is 0.579. The predicted molar refractivity (Wildman–Crippen MR) is 92.6 cm³/mol. The Balaban J connectivity index is 1.56. The average molecular weight is 330 g/mol. The molecule has 1 saturated carbocycles. The van der Waals surface area contributed by atoms with Gasteiger partial charge >= 0.3 is 0 Å². The van der Waals surface area contributed by atoms with Crippen molar-refractivity contribution in [1.29, 1.82) is 0 Å². The Labute approximate surface area is 143 Å². The van der Waals surface area contributed by atoms with Crippen molar-refractivity contribution < 1.29 is 14.7 Å².